The molecule has 3 aromatic rings. The van der Waals surface area contributed by atoms with Crippen LogP contribution in [0.2, 0.25) is 0 Å². The number of aromatic nitrogens is 2. The molecule has 4 rings (SSSR count). The monoisotopic (exact) mass is 392 g/mol. The van der Waals surface area contributed by atoms with Crippen molar-refractivity contribution in [1.82, 2.24) is 20.6 Å². The minimum Gasteiger partial charge on any atom is -0.342 e. The number of amides is 1. The van der Waals surface area contributed by atoms with Gasteiger partial charge in [-0.15, -0.1) is 11.3 Å². The van der Waals surface area contributed by atoms with E-state index in [-0.39, 0.29) is 4.88 Å². The van der Waals surface area contributed by atoms with E-state index in [1.165, 1.54) is 5.57 Å². The van der Waals surface area contributed by atoms with Gasteiger partial charge in [0.25, 0.3) is 5.91 Å². The molecule has 3 N–H and O–H groups in total. The number of aromatic amines is 1. The van der Waals surface area contributed by atoms with Crippen LogP contribution in [0.4, 0.5) is 13.2 Å². The first kappa shape index (κ1) is 17.7. The lowest BCUT2D eigenvalue weighted by molar-refractivity contribution is -0.123. The molecule has 0 bridgehead atoms. The average Bonchev–Trinajstić information content (AvgIpc) is 3.37. The number of hydrogen-bond donors (Lipinski definition) is 3. The maximum Gasteiger partial charge on any atom is 0.405 e. The van der Waals surface area contributed by atoms with Crippen LogP contribution in [0.1, 0.15) is 15.4 Å². The number of nitrogens with zero attached hydrogens (tertiary/aromatic N) is 1. The van der Waals surface area contributed by atoms with Gasteiger partial charge in [-0.3, -0.25) is 4.79 Å². The molecule has 0 radical (unpaired) electrons. The van der Waals surface area contributed by atoms with E-state index in [1.807, 2.05) is 17.4 Å². The predicted molar refractivity (Wildman–Crippen MR) is 98.6 cm³/mol. The standard InChI is InChI=1S/C18H15F3N4OS/c19-18(20,21)9-24-17(26)15-5-13(8-27-15)12-3-11-4-14(10-1-2-22-6-10)25-16(11)23-7-12/h1,3-5,7-8,22H,2,6,9H2,(H,23,25)(H,24,26). The first-order chi connectivity index (χ1) is 12.9. The van der Waals surface area contributed by atoms with Gasteiger partial charge in [0.2, 0.25) is 0 Å². The van der Waals surface area contributed by atoms with Crippen molar-refractivity contribution in [3.05, 3.63) is 46.4 Å². The first-order valence-corrected chi connectivity index (χ1v) is 9.10. The number of alkyl halides is 3. The fourth-order valence-corrected chi connectivity index (χ4v) is 3.73. The highest BCUT2D eigenvalue weighted by Gasteiger charge is 2.28. The van der Waals surface area contributed by atoms with Gasteiger partial charge >= 0.3 is 6.18 Å². The molecule has 3 aromatic heterocycles. The molecule has 0 atom stereocenters. The van der Waals surface area contributed by atoms with Crippen LogP contribution in [0, 0.1) is 0 Å². The second-order valence-corrected chi connectivity index (χ2v) is 7.11. The van der Waals surface area contributed by atoms with E-state index in [0.29, 0.717) is 0 Å². The zero-order valence-electron chi connectivity index (χ0n) is 14.0. The number of carbonyl (C=O) groups excluding carboxylic acids is 1. The molecule has 5 nitrogen and oxygen atoms in total. The maximum absolute atomic E-state index is 12.2. The smallest absolute Gasteiger partial charge is 0.342 e. The summed E-state index contributed by atoms with van der Waals surface area (Å²) >= 11 is 1.10. The van der Waals surface area contributed by atoms with Crippen LogP contribution in [0.15, 0.2) is 35.9 Å². The van der Waals surface area contributed by atoms with Gasteiger partial charge in [0.1, 0.15) is 12.2 Å². The molecule has 0 saturated heterocycles. The quantitative estimate of drug-likeness (QED) is 0.636. The Morgan fingerprint density at radius 3 is 2.85 bits per heavy atom. The molecule has 0 fully saturated rings. The van der Waals surface area contributed by atoms with Gasteiger partial charge in [-0.1, -0.05) is 6.08 Å². The van der Waals surface area contributed by atoms with Crippen LogP contribution < -0.4 is 10.6 Å². The van der Waals surface area contributed by atoms with Gasteiger partial charge in [0, 0.05) is 35.9 Å². The Bertz CT molecular complexity index is 1030. The second-order valence-electron chi connectivity index (χ2n) is 6.20. The number of halogens is 3. The third-order valence-corrected chi connectivity index (χ3v) is 5.16. The first-order valence-electron chi connectivity index (χ1n) is 8.22. The lowest BCUT2D eigenvalue weighted by Gasteiger charge is -2.06. The van der Waals surface area contributed by atoms with Gasteiger partial charge in [0.15, 0.2) is 0 Å². The van der Waals surface area contributed by atoms with E-state index in [2.05, 4.69) is 21.4 Å². The zero-order chi connectivity index (χ0) is 19.0. The number of thiophene rings is 1. The SMILES string of the molecule is O=C(NCC(F)(F)F)c1cc(-c2cnc3[nH]c(C4=CCNC4)cc3c2)cs1. The Balaban J connectivity index is 1.55. The fourth-order valence-electron chi connectivity index (χ4n) is 2.90. The number of rotatable bonds is 4. The largest absolute Gasteiger partial charge is 0.405 e. The van der Waals surface area contributed by atoms with Crippen LogP contribution in [0.3, 0.4) is 0 Å². The van der Waals surface area contributed by atoms with Crippen LogP contribution in [0.25, 0.3) is 27.7 Å². The Morgan fingerprint density at radius 2 is 2.11 bits per heavy atom. The molecule has 1 amide bonds. The van der Waals surface area contributed by atoms with Crippen LogP contribution in [0.5, 0.6) is 0 Å². The van der Waals surface area contributed by atoms with E-state index < -0.39 is 18.6 Å². The summed E-state index contributed by atoms with van der Waals surface area (Å²) in [5.41, 5.74) is 4.51. The Labute approximate surface area is 156 Å². The topological polar surface area (TPSA) is 69.8 Å². The number of pyridine rings is 1. The summed E-state index contributed by atoms with van der Waals surface area (Å²) in [4.78, 5) is 19.8. The molecular formula is C18H15F3N4OS. The molecular weight excluding hydrogens is 377 g/mol. The molecule has 0 aromatic carbocycles. The summed E-state index contributed by atoms with van der Waals surface area (Å²) in [5, 5.41) is 7.80. The van der Waals surface area contributed by atoms with Crippen molar-refractivity contribution in [3.8, 4) is 11.1 Å². The second kappa shape index (κ2) is 6.82. The van der Waals surface area contributed by atoms with Crippen molar-refractivity contribution in [3.63, 3.8) is 0 Å². The Morgan fingerprint density at radius 1 is 1.26 bits per heavy atom. The van der Waals surface area contributed by atoms with Gasteiger partial charge in [-0.05, 0) is 34.7 Å². The van der Waals surface area contributed by atoms with E-state index in [9.17, 15) is 18.0 Å². The van der Waals surface area contributed by atoms with E-state index >= 15 is 0 Å². The van der Waals surface area contributed by atoms with E-state index in [4.69, 9.17) is 0 Å². The highest BCUT2D eigenvalue weighted by molar-refractivity contribution is 7.12. The molecule has 1 aliphatic rings. The Hall–Kier alpha value is -2.65. The third kappa shape index (κ3) is 3.88. The number of carbonyl (C=O) groups is 1. The molecule has 0 aliphatic carbocycles. The molecule has 27 heavy (non-hydrogen) atoms. The maximum atomic E-state index is 12.2. The van der Waals surface area contributed by atoms with Crippen molar-refractivity contribution in [2.75, 3.05) is 19.6 Å². The van der Waals surface area contributed by atoms with Crippen molar-refractivity contribution >= 4 is 33.9 Å². The lowest BCUT2D eigenvalue weighted by atomic mass is 10.1. The van der Waals surface area contributed by atoms with Crippen molar-refractivity contribution in [2.45, 2.75) is 6.18 Å². The molecule has 0 saturated carbocycles. The van der Waals surface area contributed by atoms with Gasteiger partial charge in [0.05, 0.1) is 4.88 Å². The van der Waals surface area contributed by atoms with Crippen molar-refractivity contribution in [2.24, 2.45) is 0 Å². The normalized spacial score (nSPS) is 14.6. The minimum absolute atomic E-state index is 0.228. The summed E-state index contributed by atoms with van der Waals surface area (Å²) in [6.45, 7) is 0.307. The summed E-state index contributed by atoms with van der Waals surface area (Å²) in [5.74, 6) is -0.734. The Kier molecular flexibility index (Phi) is 4.48. The summed E-state index contributed by atoms with van der Waals surface area (Å²) in [7, 11) is 0. The van der Waals surface area contributed by atoms with E-state index in [1.54, 1.807) is 17.6 Å². The minimum atomic E-state index is -4.43. The zero-order valence-corrected chi connectivity index (χ0v) is 14.8. The van der Waals surface area contributed by atoms with E-state index in [0.717, 1.165) is 52.3 Å². The molecule has 140 valence electrons. The van der Waals surface area contributed by atoms with Crippen molar-refractivity contribution in [1.29, 1.82) is 0 Å². The number of H-pyrrole nitrogens is 1. The molecule has 0 unspecified atom stereocenters. The molecule has 1 aliphatic heterocycles. The number of nitrogens with one attached hydrogen (secondary N) is 3. The highest BCUT2D eigenvalue weighted by Crippen LogP contribution is 2.29. The number of hydrogen-bond acceptors (Lipinski definition) is 4. The van der Waals surface area contributed by atoms with Gasteiger partial charge in [-0.2, -0.15) is 13.2 Å². The van der Waals surface area contributed by atoms with Crippen molar-refractivity contribution < 1.29 is 18.0 Å². The average molecular weight is 392 g/mol. The van der Waals surface area contributed by atoms with Gasteiger partial charge in [-0.25, -0.2) is 4.98 Å². The highest BCUT2D eigenvalue weighted by atomic mass is 32.1. The fraction of sp³-hybridized carbons (Fsp3) is 0.222. The van der Waals surface area contributed by atoms with Crippen LogP contribution >= 0.6 is 11.3 Å². The molecule has 0 spiro atoms. The van der Waals surface area contributed by atoms with Crippen LogP contribution in [-0.4, -0.2) is 41.7 Å². The number of fused-ring (bicyclic) bond motifs is 1. The van der Waals surface area contributed by atoms with Gasteiger partial charge < -0.3 is 15.6 Å². The third-order valence-electron chi connectivity index (χ3n) is 4.23. The summed E-state index contributed by atoms with van der Waals surface area (Å²) in [6.07, 6.45) is -0.624. The lowest BCUT2D eigenvalue weighted by Crippen LogP contribution is -2.33. The summed E-state index contributed by atoms with van der Waals surface area (Å²) in [6, 6.07) is 5.55. The molecule has 9 heteroatoms. The molecule has 4 heterocycles. The van der Waals surface area contributed by atoms with Crippen LogP contribution in [-0.2, 0) is 0 Å². The predicted octanol–water partition coefficient (Wildman–Crippen LogP) is 3.57. The summed E-state index contributed by atoms with van der Waals surface area (Å²) < 4.78 is 36.7.